The van der Waals surface area contributed by atoms with Crippen LogP contribution in [0.4, 0.5) is 26.3 Å². The Labute approximate surface area is 120 Å². The van der Waals surface area contributed by atoms with E-state index < -0.39 is 34.7 Å². The van der Waals surface area contributed by atoms with Crippen LogP contribution in [-0.2, 0) is 12.4 Å². The van der Waals surface area contributed by atoms with E-state index in [-0.39, 0.29) is 0 Å². The van der Waals surface area contributed by atoms with Crippen LogP contribution in [0.15, 0.2) is 41.3 Å². The van der Waals surface area contributed by atoms with Gasteiger partial charge in [0.25, 0.3) is 5.56 Å². The predicted molar refractivity (Wildman–Crippen MR) is 66.8 cm³/mol. The first-order chi connectivity index (χ1) is 10.0. The summed E-state index contributed by atoms with van der Waals surface area (Å²) in [5, 5.41) is 0. The summed E-state index contributed by atoms with van der Waals surface area (Å²) < 4.78 is 78.6. The van der Waals surface area contributed by atoms with E-state index in [0.29, 0.717) is 16.2 Å². The number of halogens is 6. The molecule has 0 N–H and O–H groups in total. The Bertz CT molecular complexity index is 757. The van der Waals surface area contributed by atoms with Crippen LogP contribution in [0, 0.1) is 6.92 Å². The van der Waals surface area contributed by atoms with Crippen molar-refractivity contribution in [3.63, 3.8) is 0 Å². The van der Waals surface area contributed by atoms with Crippen LogP contribution in [0.2, 0.25) is 0 Å². The van der Waals surface area contributed by atoms with E-state index >= 15 is 0 Å². The average Bonchev–Trinajstić information content (AvgIpc) is 2.38. The molecule has 2 rings (SSSR count). The van der Waals surface area contributed by atoms with Gasteiger partial charge in [0.2, 0.25) is 0 Å². The Morgan fingerprint density at radius 2 is 1.55 bits per heavy atom. The Kier molecular flexibility index (Phi) is 3.80. The second-order valence-corrected chi connectivity index (χ2v) is 4.61. The monoisotopic (exact) mass is 321 g/mol. The van der Waals surface area contributed by atoms with E-state index in [1.165, 1.54) is 13.0 Å². The maximum Gasteiger partial charge on any atom is 0.419 e. The predicted octanol–water partition coefficient (Wildman–Crippen LogP) is 4.18. The molecule has 0 atom stereocenters. The standard InChI is InChI=1S/C14H9F6NO/c1-8-5-6-11(22)21(7-8)10-4-2-3-9(13(15,16)17)12(10)14(18,19)20/h2-7H,1H3. The van der Waals surface area contributed by atoms with E-state index in [2.05, 4.69) is 0 Å². The summed E-state index contributed by atoms with van der Waals surface area (Å²) in [4.78, 5) is 11.7. The second-order valence-electron chi connectivity index (χ2n) is 4.61. The van der Waals surface area contributed by atoms with Crippen molar-refractivity contribution in [1.82, 2.24) is 4.57 Å². The fraction of sp³-hybridized carbons (Fsp3) is 0.214. The first-order valence-corrected chi connectivity index (χ1v) is 5.99. The van der Waals surface area contributed by atoms with Gasteiger partial charge in [-0.3, -0.25) is 9.36 Å². The Morgan fingerprint density at radius 3 is 2.09 bits per heavy atom. The van der Waals surface area contributed by atoms with Crippen LogP contribution in [-0.4, -0.2) is 4.57 Å². The summed E-state index contributed by atoms with van der Waals surface area (Å²) in [7, 11) is 0. The molecular weight excluding hydrogens is 312 g/mol. The third-order valence-corrected chi connectivity index (χ3v) is 2.95. The molecular formula is C14H9F6NO. The molecule has 0 saturated carbocycles. The Balaban J connectivity index is 2.88. The van der Waals surface area contributed by atoms with Gasteiger partial charge in [0.15, 0.2) is 0 Å². The van der Waals surface area contributed by atoms with Gasteiger partial charge >= 0.3 is 12.4 Å². The Hall–Kier alpha value is -2.25. The second kappa shape index (κ2) is 5.19. The van der Waals surface area contributed by atoms with Crippen LogP contribution in [0.25, 0.3) is 5.69 Å². The molecule has 0 saturated heterocycles. The van der Waals surface area contributed by atoms with Gasteiger partial charge in [-0.05, 0) is 24.6 Å². The highest BCUT2D eigenvalue weighted by molar-refractivity contribution is 5.49. The molecule has 0 aliphatic heterocycles. The minimum Gasteiger partial charge on any atom is -0.283 e. The summed E-state index contributed by atoms with van der Waals surface area (Å²) in [5.74, 6) is 0. The number of aryl methyl sites for hydroxylation is 1. The lowest BCUT2D eigenvalue weighted by Gasteiger charge is -2.20. The van der Waals surface area contributed by atoms with Gasteiger partial charge < -0.3 is 0 Å². The van der Waals surface area contributed by atoms with E-state index in [0.717, 1.165) is 24.4 Å². The molecule has 8 heteroatoms. The van der Waals surface area contributed by atoms with Crippen molar-refractivity contribution in [1.29, 1.82) is 0 Å². The molecule has 1 heterocycles. The minimum absolute atomic E-state index is 0.340. The molecule has 0 spiro atoms. The molecule has 0 aliphatic carbocycles. The minimum atomic E-state index is -5.26. The Morgan fingerprint density at radius 1 is 0.909 bits per heavy atom. The van der Waals surface area contributed by atoms with E-state index in [4.69, 9.17) is 0 Å². The lowest BCUT2D eigenvalue weighted by Crippen LogP contribution is -2.24. The highest BCUT2D eigenvalue weighted by Gasteiger charge is 2.45. The van der Waals surface area contributed by atoms with Gasteiger partial charge in [0, 0.05) is 12.3 Å². The first kappa shape index (κ1) is 16.1. The molecule has 1 aromatic carbocycles. The summed E-state index contributed by atoms with van der Waals surface area (Å²) in [5.41, 5.74) is -4.97. The first-order valence-electron chi connectivity index (χ1n) is 5.99. The van der Waals surface area contributed by atoms with Gasteiger partial charge in [-0.25, -0.2) is 0 Å². The fourth-order valence-corrected chi connectivity index (χ4v) is 2.06. The van der Waals surface area contributed by atoms with Crippen LogP contribution < -0.4 is 5.56 Å². The highest BCUT2D eigenvalue weighted by atomic mass is 19.4. The molecule has 1 aromatic heterocycles. The van der Waals surface area contributed by atoms with Crippen molar-refractivity contribution < 1.29 is 26.3 Å². The van der Waals surface area contributed by atoms with Crippen molar-refractivity contribution in [3.05, 3.63) is 63.6 Å². The molecule has 0 unspecified atom stereocenters. The van der Waals surface area contributed by atoms with E-state index in [9.17, 15) is 31.1 Å². The van der Waals surface area contributed by atoms with Gasteiger partial charge in [0.05, 0.1) is 16.8 Å². The zero-order valence-electron chi connectivity index (χ0n) is 11.1. The summed E-state index contributed by atoms with van der Waals surface area (Å²) >= 11 is 0. The van der Waals surface area contributed by atoms with Gasteiger partial charge in [-0.1, -0.05) is 12.1 Å². The van der Waals surface area contributed by atoms with E-state index in [1.807, 2.05) is 0 Å². The average molecular weight is 321 g/mol. The number of nitrogens with zero attached hydrogens (tertiary/aromatic N) is 1. The lowest BCUT2D eigenvalue weighted by atomic mass is 10.0. The normalized spacial score (nSPS) is 12.5. The summed E-state index contributed by atoms with van der Waals surface area (Å²) in [6.45, 7) is 1.51. The highest BCUT2D eigenvalue weighted by Crippen LogP contribution is 2.42. The number of hydrogen-bond donors (Lipinski definition) is 0. The molecule has 2 nitrogen and oxygen atoms in total. The molecule has 118 valence electrons. The molecule has 22 heavy (non-hydrogen) atoms. The SMILES string of the molecule is Cc1ccc(=O)n(-c2cccc(C(F)(F)F)c2C(F)(F)F)c1. The zero-order chi connectivity index (χ0) is 16.7. The van der Waals surface area contributed by atoms with Crippen molar-refractivity contribution in [2.45, 2.75) is 19.3 Å². The van der Waals surface area contributed by atoms with Crippen molar-refractivity contribution in [2.24, 2.45) is 0 Å². The van der Waals surface area contributed by atoms with Gasteiger partial charge in [0.1, 0.15) is 0 Å². The van der Waals surface area contributed by atoms with Crippen LogP contribution in [0.1, 0.15) is 16.7 Å². The maximum atomic E-state index is 13.1. The lowest BCUT2D eigenvalue weighted by molar-refractivity contribution is -0.162. The topological polar surface area (TPSA) is 22.0 Å². The van der Waals surface area contributed by atoms with Crippen molar-refractivity contribution in [3.8, 4) is 5.69 Å². The summed E-state index contributed by atoms with van der Waals surface area (Å²) in [6.07, 6.45) is -9.38. The molecule has 0 radical (unpaired) electrons. The van der Waals surface area contributed by atoms with Crippen LogP contribution in [0.3, 0.4) is 0 Å². The number of alkyl halides is 6. The van der Waals surface area contributed by atoms with Gasteiger partial charge in [-0.15, -0.1) is 0 Å². The number of benzene rings is 1. The molecule has 0 amide bonds. The zero-order valence-corrected chi connectivity index (χ0v) is 11.1. The number of hydrogen-bond acceptors (Lipinski definition) is 1. The summed E-state index contributed by atoms with van der Waals surface area (Å²) in [6, 6.07) is 4.36. The molecule has 2 aromatic rings. The molecule has 0 aliphatic rings. The number of aromatic nitrogens is 1. The van der Waals surface area contributed by atoms with Crippen molar-refractivity contribution in [2.75, 3.05) is 0 Å². The number of pyridine rings is 1. The largest absolute Gasteiger partial charge is 0.419 e. The fourth-order valence-electron chi connectivity index (χ4n) is 2.06. The van der Waals surface area contributed by atoms with Crippen molar-refractivity contribution >= 4 is 0 Å². The third kappa shape index (κ3) is 3.00. The van der Waals surface area contributed by atoms with Crippen LogP contribution in [0.5, 0.6) is 0 Å². The third-order valence-electron chi connectivity index (χ3n) is 2.95. The quantitative estimate of drug-likeness (QED) is 0.722. The maximum absolute atomic E-state index is 13.1. The number of rotatable bonds is 1. The smallest absolute Gasteiger partial charge is 0.283 e. The molecule has 0 fully saturated rings. The van der Waals surface area contributed by atoms with Gasteiger partial charge in [-0.2, -0.15) is 26.3 Å². The molecule has 0 bridgehead atoms. The van der Waals surface area contributed by atoms with E-state index in [1.54, 1.807) is 0 Å². The van der Waals surface area contributed by atoms with Crippen LogP contribution >= 0.6 is 0 Å².